The predicted octanol–water partition coefficient (Wildman–Crippen LogP) is 3.06. The summed E-state index contributed by atoms with van der Waals surface area (Å²) in [6.07, 6.45) is -1.01. The van der Waals surface area contributed by atoms with Crippen LogP contribution in [-0.2, 0) is 9.53 Å². The van der Waals surface area contributed by atoms with Crippen LogP contribution in [0.2, 0.25) is 0 Å². The number of carbonyl (C=O) groups excluding carboxylic acids is 2. The number of hydrogen-bond donors (Lipinski definition) is 1. The Hall–Kier alpha value is -3.22. The van der Waals surface area contributed by atoms with E-state index in [1.165, 1.54) is 25.1 Å². The molecule has 7 heteroatoms. The van der Waals surface area contributed by atoms with Crippen LogP contribution in [0, 0.1) is 10.1 Å². The van der Waals surface area contributed by atoms with Crippen molar-refractivity contribution in [1.82, 2.24) is 5.32 Å². The van der Waals surface area contributed by atoms with Gasteiger partial charge in [0.25, 0.3) is 11.6 Å². The second-order valence-electron chi connectivity index (χ2n) is 5.91. The Kier molecular flexibility index (Phi) is 6.43. The molecular weight excluding hydrogens is 336 g/mol. The summed E-state index contributed by atoms with van der Waals surface area (Å²) in [5.41, 5.74) is 0.902. The maximum atomic E-state index is 12.1. The number of nitrogens with one attached hydrogen (secondary N) is 1. The number of non-ortho nitro benzene ring substituents is 1. The minimum Gasteiger partial charge on any atom is -0.449 e. The first-order valence-corrected chi connectivity index (χ1v) is 8.16. The maximum absolute atomic E-state index is 12.1. The zero-order valence-corrected chi connectivity index (χ0v) is 14.5. The molecule has 0 unspecified atom stereocenters. The number of benzene rings is 2. The number of nitro groups is 1. The van der Waals surface area contributed by atoms with Gasteiger partial charge in [-0.1, -0.05) is 43.3 Å². The lowest BCUT2D eigenvalue weighted by molar-refractivity contribution is -0.384. The lowest BCUT2D eigenvalue weighted by atomic mass is 10.0. The second-order valence-corrected chi connectivity index (χ2v) is 5.91. The molecule has 0 aliphatic heterocycles. The van der Waals surface area contributed by atoms with Crippen LogP contribution in [0.25, 0.3) is 0 Å². The Bertz CT molecular complexity index is 792. The van der Waals surface area contributed by atoms with Crippen molar-refractivity contribution < 1.29 is 19.2 Å². The van der Waals surface area contributed by atoms with Crippen molar-refractivity contribution in [3.8, 4) is 0 Å². The molecule has 2 aromatic carbocycles. The molecule has 26 heavy (non-hydrogen) atoms. The fourth-order valence-electron chi connectivity index (χ4n) is 2.33. The van der Waals surface area contributed by atoms with Gasteiger partial charge in [0, 0.05) is 18.7 Å². The van der Waals surface area contributed by atoms with E-state index in [1.54, 1.807) is 0 Å². The number of nitro benzene ring substituents is 1. The first kappa shape index (κ1) is 19.1. The fourth-order valence-corrected chi connectivity index (χ4v) is 2.33. The number of amides is 1. The van der Waals surface area contributed by atoms with E-state index in [2.05, 4.69) is 5.32 Å². The van der Waals surface area contributed by atoms with Gasteiger partial charge in [0.1, 0.15) is 0 Å². The van der Waals surface area contributed by atoms with E-state index in [9.17, 15) is 19.7 Å². The Morgan fingerprint density at radius 3 is 2.46 bits per heavy atom. The van der Waals surface area contributed by atoms with E-state index in [1.807, 2.05) is 37.3 Å². The molecule has 1 amide bonds. The predicted molar refractivity (Wildman–Crippen MR) is 95.8 cm³/mol. The Labute approximate surface area is 151 Å². The van der Waals surface area contributed by atoms with Crippen molar-refractivity contribution in [2.75, 3.05) is 6.54 Å². The van der Waals surface area contributed by atoms with Crippen molar-refractivity contribution >= 4 is 17.6 Å². The molecule has 136 valence electrons. The number of nitrogens with zero attached hydrogens (tertiary/aromatic N) is 1. The molecule has 0 aromatic heterocycles. The maximum Gasteiger partial charge on any atom is 0.339 e. The summed E-state index contributed by atoms with van der Waals surface area (Å²) in [4.78, 5) is 34.4. The summed E-state index contributed by atoms with van der Waals surface area (Å²) in [5.74, 6) is -1.10. The van der Waals surface area contributed by atoms with Gasteiger partial charge in [-0.15, -0.1) is 0 Å². The van der Waals surface area contributed by atoms with Crippen LogP contribution in [-0.4, -0.2) is 29.4 Å². The molecule has 2 rings (SSSR count). The van der Waals surface area contributed by atoms with Gasteiger partial charge in [-0.05, 0) is 24.5 Å². The topological polar surface area (TPSA) is 98.5 Å². The third kappa shape index (κ3) is 5.14. The highest BCUT2D eigenvalue weighted by molar-refractivity contribution is 5.92. The summed E-state index contributed by atoms with van der Waals surface area (Å²) in [6, 6.07) is 14.9. The fraction of sp³-hybridized carbons (Fsp3) is 0.263. The average molecular weight is 356 g/mol. The quantitative estimate of drug-likeness (QED) is 0.467. The number of carbonyl (C=O) groups is 2. The summed E-state index contributed by atoms with van der Waals surface area (Å²) in [7, 11) is 0. The largest absolute Gasteiger partial charge is 0.449 e. The van der Waals surface area contributed by atoms with Crippen molar-refractivity contribution in [3.63, 3.8) is 0 Å². The van der Waals surface area contributed by atoms with Gasteiger partial charge in [-0.25, -0.2) is 4.79 Å². The molecule has 0 aliphatic rings. The minimum absolute atomic E-state index is 0.0245. The van der Waals surface area contributed by atoms with Gasteiger partial charge in [0.05, 0.1) is 10.5 Å². The van der Waals surface area contributed by atoms with Crippen molar-refractivity contribution in [2.45, 2.75) is 25.9 Å². The Balaban J connectivity index is 1.89. The van der Waals surface area contributed by atoms with Gasteiger partial charge >= 0.3 is 5.97 Å². The van der Waals surface area contributed by atoms with Crippen LogP contribution >= 0.6 is 0 Å². The number of hydrogen-bond acceptors (Lipinski definition) is 5. The number of esters is 1. The zero-order valence-electron chi connectivity index (χ0n) is 14.5. The van der Waals surface area contributed by atoms with Crippen LogP contribution in [0.15, 0.2) is 54.6 Å². The monoisotopic (exact) mass is 356 g/mol. The summed E-state index contributed by atoms with van der Waals surface area (Å²) >= 11 is 0. The highest BCUT2D eigenvalue weighted by Gasteiger charge is 2.20. The van der Waals surface area contributed by atoms with E-state index in [0.29, 0.717) is 6.54 Å². The van der Waals surface area contributed by atoms with Crippen molar-refractivity contribution in [1.29, 1.82) is 0 Å². The van der Waals surface area contributed by atoms with E-state index in [4.69, 9.17) is 4.74 Å². The summed E-state index contributed by atoms with van der Waals surface area (Å²) in [5, 5.41) is 13.5. The third-order valence-electron chi connectivity index (χ3n) is 3.90. The van der Waals surface area contributed by atoms with E-state index < -0.39 is 22.9 Å². The summed E-state index contributed by atoms with van der Waals surface area (Å²) < 4.78 is 5.10. The standard InChI is InChI=1S/C19H20N2O5/c1-13(15-7-4-3-5-8-15)12-20-18(22)14(2)26-19(23)16-9-6-10-17(11-16)21(24)25/h3-11,13-14H,12H2,1-2H3,(H,20,22)/t13-,14+/m1/s1. The molecule has 0 saturated heterocycles. The van der Waals surface area contributed by atoms with Gasteiger partial charge in [0.15, 0.2) is 6.10 Å². The molecular formula is C19H20N2O5. The van der Waals surface area contributed by atoms with E-state index >= 15 is 0 Å². The molecule has 0 saturated carbocycles. The smallest absolute Gasteiger partial charge is 0.339 e. The molecule has 0 radical (unpaired) electrons. The molecule has 2 aromatic rings. The molecule has 2 atom stereocenters. The first-order chi connectivity index (χ1) is 12.4. The van der Waals surface area contributed by atoms with E-state index in [0.717, 1.165) is 11.6 Å². The van der Waals surface area contributed by atoms with E-state index in [-0.39, 0.29) is 17.2 Å². The van der Waals surface area contributed by atoms with Crippen molar-refractivity contribution in [2.24, 2.45) is 0 Å². The highest BCUT2D eigenvalue weighted by Crippen LogP contribution is 2.15. The SMILES string of the molecule is C[C@H](OC(=O)c1cccc([N+](=O)[O-])c1)C(=O)NC[C@@H](C)c1ccccc1. The Morgan fingerprint density at radius 1 is 1.12 bits per heavy atom. The first-order valence-electron chi connectivity index (χ1n) is 8.16. The lowest BCUT2D eigenvalue weighted by Gasteiger charge is -2.16. The Morgan fingerprint density at radius 2 is 1.81 bits per heavy atom. The summed E-state index contributed by atoms with van der Waals surface area (Å²) in [6.45, 7) is 3.84. The third-order valence-corrected chi connectivity index (χ3v) is 3.90. The molecule has 0 spiro atoms. The molecule has 0 bridgehead atoms. The van der Waals surface area contributed by atoms with Crippen LogP contribution < -0.4 is 5.32 Å². The molecule has 7 nitrogen and oxygen atoms in total. The number of rotatable bonds is 7. The highest BCUT2D eigenvalue weighted by atomic mass is 16.6. The molecule has 1 N–H and O–H groups in total. The molecule has 0 fully saturated rings. The zero-order chi connectivity index (χ0) is 19.1. The van der Waals surface area contributed by atoms with Crippen LogP contribution in [0.3, 0.4) is 0 Å². The molecule has 0 aliphatic carbocycles. The lowest BCUT2D eigenvalue weighted by Crippen LogP contribution is -2.37. The van der Waals surface area contributed by atoms with Gasteiger partial charge in [0.2, 0.25) is 0 Å². The van der Waals surface area contributed by atoms with Crippen LogP contribution in [0.1, 0.15) is 35.7 Å². The van der Waals surface area contributed by atoms with Crippen molar-refractivity contribution in [3.05, 3.63) is 75.8 Å². The van der Waals surface area contributed by atoms with Gasteiger partial charge in [-0.2, -0.15) is 0 Å². The average Bonchev–Trinajstić information content (AvgIpc) is 2.66. The van der Waals surface area contributed by atoms with Gasteiger partial charge < -0.3 is 10.1 Å². The van der Waals surface area contributed by atoms with Gasteiger partial charge in [-0.3, -0.25) is 14.9 Å². The second kappa shape index (κ2) is 8.75. The normalized spacial score (nSPS) is 12.7. The van der Waals surface area contributed by atoms with Crippen LogP contribution in [0.4, 0.5) is 5.69 Å². The molecule has 0 heterocycles. The number of ether oxygens (including phenoxy) is 1. The van der Waals surface area contributed by atoms with Crippen LogP contribution in [0.5, 0.6) is 0 Å². The minimum atomic E-state index is -1.01.